The summed E-state index contributed by atoms with van der Waals surface area (Å²) in [5.74, 6) is 1.47. The molecule has 1 aromatic rings. The molecule has 0 saturated carbocycles. The number of aliphatic hydroxyl groups excluding tert-OH is 1. The highest BCUT2D eigenvalue weighted by Gasteiger charge is 2.12. The minimum atomic E-state index is -0.118. The average Bonchev–Trinajstić information content (AvgIpc) is 2.34. The Morgan fingerprint density at radius 3 is 2.53 bits per heavy atom. The fourth-order valence-electron chi connectivity index (χ4n) is 1.59. The highest BCUT2D eigenvalue weighted by molar-refractivity contribution is 5.85. The van der Waals surface area contributed by atoms with Crippen LogP contribution in [0.3, 0.4) is 0 Å². The fourth-order valence-corrected chi connectivity index (χ4v) is 1.59. The van der Waals surface area contributed by atoms with Crippen LogP contribution in [0.15, 0.2) is 18.2 Å². The largest absolute Gasteiger partial charge is 0.497 e. The van der Waals surface area contributed by atoms with Gasteiger partial charge in [0, 0.05) is 24.3 Å². The van der Waals surface area contributed by atoms with Crippen molar-refractivity contribution < 1.29 is 14.6 Å². The zero-order valence-corrected chi connectivity index (χ0v) is 11.0. The molecule has 0 unspecified atom stereocenters. The molecule has 4 nitrogen and oxygen atoms in total. The van der Waals surface area contributed by atoms with E-state index in [1.54, 1.807) is 14.2 Å². The summed E-state index contributed by atoms with van der Waals surface area (Å²) in [5, 5.41) is 8.76. The molecule has 0 aromatic heterocycles. The van der Waals surface area contributed by atoms with Crippen LogP contribution in [0.5, 0.6) is 11.5 Å². The van der Waals surface area contributed by atoms with Gasteiger partial charge in [-0.05, 0) is 18.9 Å². The average molecular weight is 262 g/mol. The maximum atomic E-state index is 8.76. The van der Waals surface area contributed by atoms with Gasteiger partial charge in [-0.15, -0.1) is 12.4 Å². The van der Waals surface area contributed by atoms with Crippen LogP contribution in [-0.2, 0) is 0 Å². The summed E-state index contributed by atoms with van der Waals surface area (Å²) in [6, 6.07) is 5.46. The van der Waals surface area contributed by atoms with Crippen molar-refractivity contribution >= 4 is 12.4 Å². The minimum absolute atomic E-state index is 0. The molecular weight excluding hydrogens is 242 g/mol. The standard InChI is InChI=1S/C12H19NO3.ClH/c1-15-9-5-6-10(12(8-9)16-2)11(13)4-3-7-14;/h5-6,8,11,14H,3-4,7,13H2,1-2H3;1H/t11-;/m1./s1. The van der Waals surface area contributed by atoms with Crippen LogP contribution in [0.1, 0.15) is 24.4 Å². The Morgan fingerprint density at radius 2 is 2.00 bits per heavy atom. The van der Waals surface area contributed by atoms with Crippen molar-refractivity contribution in [3.05, 3.63) is 23.8 Å². The molecule has 5 heteroatoms. The van der Waals surface area contributed by atoms with Gasteiger partial charge >= 0.3 is 0 Å². The number of benzene rings is 1. The van der Waals surface area contributed by atoms with Gasteiger partial charge in [-0.1, -0.05) is 6.07 Å². The SMILES string of the molecule is COc1ccc([C@H](N)CCCO)c(OC)c1.Cl. The van der Waals surface area contributed by atoms with Gasteiger partial charge in [-0.3, -0.25) is 0 Å². The number of rotatable bonds is 6. The number of hydrogen-bond donors (Lipinski definition) is 2. The van der Waals surface area contributed by atoms with Gasteiger partial charge in [-0.25, -0.2) is 0 Å². The monoisotopic (exact) mass is 261 g/mol. The third-order valence-corrected chi connectivity index (χ3v) is 2.51. The third kappa shape index (κ3) is 4.42. The number of nitrogens with two attached hydrogens (primary N) is 1. The first-order valence-corrected chi connectivity index (χ1v) is 5.31. The van der Waals surface area contributed by atoms with Crippen LogP contribution in [-0.4, -0.2) is 25.9 Å². The fraction of sp³-hybridized carbons (Fsp3) is 0.500. The van der Waals surface area contributed by atoms with Crippen molar-refractivity contribution in [2.75, 3.05) is 20.8 Å². The van der Waals surface area contributed by atoms with Gasteiger partial charge in [-0.2, -0.15) is 0 Å². The van der Waals surface area contributed by atoms with Crippen molar-refractivity contribution in [3.8, 4) is 11.5 Å². The predicted molar refractivity (Wildman–Crippen MR) is 70.0 cm³/mol. The second-order valence-electron chi connectivity index (χ2n) is 3.58. The summed E-state index contributed by atoms with van der Waals surface area (Å²) in [7, 11) is 3.22. The Hall–Kier alpha value is -0.970. The van der Waals surface area contributed by atoms with Crippen LogP contribution in [0, 0.1) is 0 Å². The maximum Gasteiger partial charge on any atom is 0.127 e. The van der Waals surface area contributed by atoms with Crippen molar-refractivity contribution in [1.29, 1.82) is 0 Å². The number of ether oxygens (including phenoxy) is 2. The van der Waals surface area contributed by atoms with Crippen LogP contribution >= 0.6 is 12.4 Å². The first-order valence-electron chi connectivity index (χ1n) is 5.31. The van der Waals surface area contributed by atoms with Crippen molar-refractivity contribution in [3.63, 3.8) is 0 Å². The molecule has 0 amide bonds. The molecule has 1 rings (SSSR count). The summed E-state index contributed by atoms with van der Waals surface area (Å²) in [5.41, 5.74) is 6.96. The first kappa shape index (κ1) is 16.0. The van der Waals surface area contributed by atoms with Gasteiger partial charge < -0.3 is 20.3 Å². The van der Waals surface area contributed by atoms with E-state index in [1.807, 2.05) is 18.2 Å². The van der Waals surface area contributed by atoms with Crippen molar-refractivity contribution in [1.82, 2.24) is 0 Å². The van der Waals surface area contributed by atoms with E-state index in [9.17, 15) is 0 Å². The molecule has 17 heavy (non-hydrogen) atoms. The Labute approximate surface area is 108 Å². The normalized spacial score (nSPS) is 11.5. The quantitative estimate of drug-likeness (QED) is 0.821. The second kappa shape index (κ2) is 8.17. The Morgan fingerprint density at radius 1 is 1.29 bits per heavy atom. The third-order valence-electron chi connectivity index (χ3n) is 2.51. The van der Waals surface area contributed by atoms with E-state index in [0.717, 1.165) is 23.5 Å². The smallest absolute Gasteiger partial charge is 0.127 e. The molecule has 3 N–H and O–H groups in total. The molecular formula is C12H20ClNO3. The molecule has 0 saturated heterocycles. The van der Waals surface area contributed by atoms with Crippen LogP contribution in [0.2, 0.25) is 0 Å². The summed E-state index contributed by atoms with van der Waals surface area (Å²) >= 11 is 0. The van der Waals surface area contributed by atoms with Crippen molar-refractivity contribution in [2.45, 2.75) is 18.9 Å². The summed E-state index contributed by atoms with van der Waals surface area (Å²) in [6.07, 6.45) is 1.43. The predicted octanol–water partition coefficient (Wildman–Crippen LogP) is 1.90. The Kier molecular flexibility index (Phi) is 7.70. The van der Waals surface area contributed by atoms with Crippen LogP contribution in [0.4, 0.5) is 0 Å². The van der Waals surface area contributed by atoms with Gasteiger partial charge in [0.25, 0.3) is 0 Å². The van der Waals surface area contributed by atoms with Gasteiger partial charge in [0.15, 0.2) is 0 Å². The Bertz CT molecular complexity index is 334. The first-order chi connectivity index (χ1) is 7.72. The second-order valence-corrected chi connectivity index (χ2v) is 3.58. The minimum Gasteiger partial charge on any atom is -0.497 e. The lowest BCUT2D eigenvalue weighted by atomic mass is 10.0. The molecule has 1 aromatic carbocycles. The number of halogens is 1. The molecule has 0 radical (unpaired) electrons. The molecule has 0 aliphatic heterocycles. The number of methoxy groups -OCH3 is 2. The molecule has 0 fully saturated rings. The molecule has 0 aliphatic rings. The highest BCUT2D eigenvalue weighted by Crippen LogP contribution is 2.30. The zero-order chi connectivity index (χ0) is 12.0. The summed E-state index contributed by atoms with van der Waals surface area (Å²) in [6.45, 7) is 0.159. The van der Waals surface area contributed by atoms with E-state index >= 15 is 0 Å². The summed E-state index contributed by atoms with van der Waals surface area (Å²) < 4.78 is 10.4. The molecule has 98 valence electrons. The van der Waals surface area contributed by atoms with Crippen LogP contribution in [0.25, 0.3) is 0 Å². The lowest BCUT2D eigenvalue weighted by Crippen LogP contribution is -2.12. The number of aliphatic hydroxyl groups is 1. The van der Waals surface area contributed by atoms with E-state index in [2.05, 4.69) is 0 Å². The van der Waals surface area contributed by atoms with E-state index < -0.39 is 0 Å². The van der Waals surface area contributed by atoms with E-state index in [4.69, 9.17) is 20.3 Å². The molecule has 1 atom stereocenters. The highest BCUT2D eigenvalue weighted by atomic mass is 35.5. The van der Waals surface area contributed by atoms with E-state index in [1.165, 1.54) is 0 Å². The lowest BCUT2D eigenvalue weighted by Gasteiger charge is -2.16. The summed E-state index contributed by atoms with van der Waals surface area (Å²) in [4.78, 5) is 0. The van der Waals surface area contributed by atoms with E-state index in [-0.39, 0.29) is 25.1 Å². The molecule has 0 spiro atoms. The molecule has 0 aliphatic carbocycles. The molecule has 0 bridgehead atoms. The molecule has 0 heterocycles. The van der Waals surface area contributed by atoms with E-state index in [0.29, 0.717) is 6.42 Å². The zero-order valence-electron chi connectivity index (χ0n) is 10.2. The van der Waals surface area contributed by atoms with Gasteiger partial charge in [0.2, 0.25) is 0 Å². The van der Waals surface area contributed by atoms with Gasteiger partial charge in [0.05, 0.1) is 14.2 Å². The Balaban J connectivity index is 0.00000256. The maximum absolute atomic E-state index is 8.76. The topological polar surface area (TPSA) is 64.7 Å². The lowest BCUT2D eigenvalue weighted by molar-refractivity contribution is 0.279. The van der Waals surface area contributed by atoms with Crippen molar-refractivity contribution in [2.24, 2.45) is 5.73 Å². The number of hydrogen-bond acceptors (Lipinski definition) is 4. The van der Waals surface area contributed by atoms with Crippen LogP contribution < -0.4 is 15.2 Å². The van der Waals surface area contributed by atoms with Gasteiger partial charge in [0.1, 0.15) is 11.5 Å².